The topological polar surface area (TPSA) is 18.5 Å². The van der Waals surface area contributed by atoms with Crippen LogP contribution in [-0.2, 0) is 9.47 Å². The molecule has 46 valence electrons. The molecule has 2 heteroatoms. The summed E-state index contributed by atoms with van der Waals surface area (Å²) in [6.07, 6.45) is 4.13. The highest BCUT2D eigenvalue weighted by molar-refractivity contribution is 4.71. The SMILES string of the molecule is C1CC2CC[C@H](O1)O2. The summed E-state index contributed by atoms with van der Waals surface area (Å²) in [6.45, 7) is 0.912. The molecule has 0 aromatic carbocycles. The standard InChI is InChI=1S/C6H10O2/c1-2-6-7-4-3-5(1)8-6/h5-6H,1-4H2/t5?,6-/m1/s1. The number of fused-ring (bicyclic) bond motifs is 2. The molecule has 0 aliphatic carbocycles. The third kappa shape index (κ3) is 0.644. The summed E-state index contributed by atoms with van der Waals surface area (Å²) in [5, 5.41) is 0. The Hall–Kier alpha value is -0.0800. The van der Waals surface area contributed by atoms with Gasteiger partial charge in [0.05, 0.1) is 12.7 Å². The van der Waals surface area contributed by atoms with Gasteiger partial charge in [0.25, 0.3) is 0 Å². The largest absolute Gasteiger partial charge is 0.353 e. The lowest BCUT2D eigenvalue weighted by Crippen LogP contribution is -2.22. The molecule has 2 saturated heterocycles. The predicted molar refractivity (Wildman–Crippen MR) is 28.5 cm³/mol. The number of rotatable bonds is 0. The van der Waals surface area contributed by atoms with E-state index in [1.54, 1.807) is 0 Å². The van der Waals surface area contributed by atoms with E-state index < -0.39 is 0 Å². The maximum atomic E-state index is 5.38. The van der Waals surface area contributed by atoms with Gasteiger partial charge in [-0.2, -0.15) is 0 Å². The van der Waals surface area contributed by atoms with Crippen molar-refractivity contribution < 1.29 is 9.47 Å². The molecule has 2 aliphatic rings. The van der Waals surface area contributed by atoms with Gasteiger partial charge in [0.1, 0.15) is 0 Å². The van der Waals surface area contributed by atoms with E-state index in [9.17, 15) is 0 Å². The van der Waals surface area contributed by atoms with E-state index in [2.05, 4.69) is 0 Å². The molecule has 8 heavy (non-hydrogen) atoms. The molecule has 0 aromatic rings. The van der Waals surface area contributed by atoms with E-state index >= 15 is 0 Å². The van der Waals surface area contributed by atoms with Crippen LogP contribution in [0.25, 0.3) is 0 Å². The Morgan fingerprint density at radius 3 is 2.88 bits per heavy atom. The lowest BCUT2D eigenvalue weighted by Gasteiger charge is -2.19. The van der Waals surface area contributed by atoms with Gasteiger partial charge in [-0.25, -0.2) is 0 Å². The summed E-state index contributed by atoms with van der Waals surface area (Å²) >= 11 is 0. The van der Waals surface area contributed by atoms with Crippen molar-refractivity contribution in [3.63, 3.8) is 0 Å². The summed E-state index contributed by atoms with van der Waals surface area (Å²) in [4.78, 5) is 0. The van der Waals surface area contributed by atoms with Gasteiger partial charge in [-0.15, -0.1) is 0 Å². The van der Waals surface area contributed by atoms with Crippen molar-refractivity contribution in [1.82, 2.24) is 0 Å². The molecule has 0 aromatic heterocycles. The zero-order valence-corrected chi connectivity index (χ0v) is 4.80. The van der Waals surface area contributed by atoms with Gasteiger partial charge in [0.15, 0.2) is 6.29 Å². The van der Waals surface area contributed by atoms with Gasteiger partial charge in [-0.1, -0.05) is 0 Å². The van der Waals surface area contributed by atoms with Crippen LogP contribution in [0.3, 0.4) is 0 Å². The van der Waals surface area contributed by atoms with Crippen molar-refractivity contribution in [1.29, 1.82) is 0 Å². The minimum absolute atomic E-state index is 0.161. The monoisotopic (exact) mass is 114 g/mol. The molecular weight excluding hydrogens is 104 g/mol. The van der Waals surface area contributed by atoms with E-state index in [4.69, 9.17) is 9.47 Å². The Labute approximate surface area is 48.8 Å². The molecular formula is C6H10O2. The molecule has 2 rings (SSSR count). The van der Waals surface area contributed by atoms with Crippen molar-refractivity contribution in [3.8, 4) is 0 Å². The second-order valence-electron chi connectivity index (χ2n) is 2.42. The fourth-order valence-corrected chi connectivity index (χ4v) is 1.34. The fraction of sp³-hybridized carbons (Fsp3) is 1.00. The number of ether oxygens (including phenoxy) is 2. The molecule has 2 fully saturated rings. The first-order valence-corrected chi connectivity index (χ1v) is 3.22. The van der Waals surface area contributed by atoms with Gasteiger partial charge in [-0.05, 0) is 12.8 Å². The smallest absolute Gasteiger partial charge is 0.158 e. The van der Waals surface area contributed by atoms with Crippen molar-refractivity contribution in [2.75, 3.05) is 6.61 Å². The minimum Gasteiger partial charge on any atom is -0.353 e. The van der Waals surface area contributed by atoms with Crippen LogP contribution < -0.4 is 0 Å². The molecule has 2 nitrogen and oxygen atoms in total. The van der Waals surface area contributed by atoms with Crippen LogP contribution in [0.15, 0.2) is 0 Å². The van der Waals surface area contributed by atoms with Gasteiger partial charge >= 0.3 is 0 Å². The van der Waals surface area contributed by atoms with Gasteiger partial charge in [0.2, 0.25) is 0 Å². The second-order valence-corrected chi connectivity index (χ2v) is 2.42. The van der Waals surface area contributed by atoms with E-state index in [0.717, 1.165) is 19.4 Å². The zero-order valence-electron chi connectivity index (χ0n) is 4.80. The van der Waals surface area contributed by atoms with Gasteiger partial charge < -0.3 is 9.47 Å². The van der Waals surface area contributed by atoms with Crippen molar-refractivity contribution in [2.45, 2.75) is 31.7 Å². The molecule has 2 atom stereocenters. The van der Waals surface area contributed by atoms with Crippen LogP contribution in [-0.4, -0.2) is 19.0 Å². The Bertz CT molecular complexity index is 78.5. The van der Waals surface area contributed by atoms with E-state index in [1.165, 1.54) is 6.42 Å². The van der Waals surface area contributed by atoms with E-state index in [0.29, 0.717) is 6.10 Å². The highest BCUT2D eigenvalue weighted by Crippen LogP contribution is 2.27. The predicted octanol–water partition coefficient (Wildman–Crippen LogP) is 0.912. The third-order valence-corrected chi connectivity index (χ3v) is 1.81. The van der Waals surface area contributed by atoms with Crippen molar-refractivity contribution in [2.24, 2.45) is 0 Å². The number of hydrogen-bond donors (Lipinski definition) is 0. The second kappa shape index (κ2) is 1.71. The first kappa shape index (κ1) is 4.77. The molecule has 0 saturated carbocycles. The fourth-order valence-electron chi connectivity index (χ4n) is 1.34. The van der Waals surface area contributed by atoms with Crippen LogP contribution in [0.5, 0.6) is 0 Å². The molecule has 2 bridgehead atoms. The molecule has 0 radical (unpaired) electrons. The third-order valence-electron chi connectivity index (χ3n) is 1.81. The van der Waals surface area contributed by atoms with E-state index in [1.807, 2.05) is 0 Å². The van der Waals surface area contributed by atoms with Gasteiger partial charge in [-0.3, -0.25) is 0 Å². The lowest BCUT2D eigenvalue weighted by atomic mass is 10.2. The first-order valence-electron chi connectivity index (χ1n) is 3.22. The minimum atomic E-state index is 0.161. The normalized spacial score (nSPS) is 45.0. The Kier molecular flexibility index (Phi) is 1.02. The zero-order chi connectivity index (χ0) is 5.40. The van der Waals surface area contributed by atoms with Gasteiger partial charge in [0, 0.05) is 6.42 Å². The average molecular weight is 114 g/mol. The maximum absolute atomic E-state index is 5.38. The maximum Gasteiger partial charge on any atom is 0.158 e. The summed E-state index contributed by atoms with van der Waals surface area (Å²) in [5.74, 6) is 0. The van der Waals surface area contributed by atoms with Crippen LogP contribution >= 0.6 is 0 Å². The Morgan fingerprint density at radius 1 is 1.12 bits per heavy atom. The first-order chi connectivity index (χ1) is 3.95. The summed E-state index contributed by atoms with van der Waals surface area (Å²) in [7, 11) is 0. The quantitative estimate of drug-likeness (QED) is 0.466. The summed E-state index contributed by atoms with van der Waals surface area (Å²) in [5.41, 5.74) is 0. The summed E-state index contributed by atoms with van der Waals surface area (Å²) < 4.78 is 10.6. The molecule has 0 spiro atoms. The lowest BCUT2D eigenvalue weighted by molar-refractivity contribution is -0.173. The number of hydrogen-bond acceptors (Lipinski definition) is 2. The van der Waals surface area contributed by atoms with Crippen LogP contribution in [0.4, 0.5) is 0 Å². The van der Waals surface area contributed by atoms with Crippen LogP contribution in [0.2, 0.25) is 0 Å². The molecule has 1 unspecified atom stereocenters. The molecule has 0 N–H and O–H groups in total. The average Bonchev–Trinajstić information content (AvgIpc) is 2.12. The van der Waals surface area contributed by atoms with Crippen LogP contribution in [0.1, 0.15) is 19.3 Å². The van der Waals surface area contributed by atoms with Crippen molar-refractivity contribution >= 4 is 0 Å². The Morgan fingerprint density at radius 2 is 2.12 bits per heavy atom. The molecule has 2 heterocycles. The van der Waals surface area contributed by atoms with Crippen LogP contribution in [0, 0.1) is 0 Å². The molecule has 0 amide bonds. The summed E-state index contributed by atoms with van der Waals surface area (Å²) in [6, 6.07) is 0. The van der Waals surface area contributed by atoms with E-state index in [-0.39, 0.29) is 6.29 Å². The Balaban J connectivity index is 2.03. The highest BCUT2D eigenvalue weighted by Gasteiger charge is 2.29. The van der Waals surface area contributed by atoms with Crippen molar-refractivity contribution in [3.05, 3.63) is 0 Å². The molecule has 2 aliphatic heterocycles. The highest BCUT2D eigenvalue weighted by atomic mass is 16.7.